The second-order valence-electron chi connectivity index (χ2n) is 6.15. The van der Waals surface area contributed by atoms with E-state index in [4.69, 9.17) is 5.73 Å². The molecular weight excluding hydrogens is 314 g/mol. The normalized spacial score (nSPS) is 24.3. The van der Waals surface area contributed by atoms with E-state index in [-0.39, 0.29) is 0 Å². The predicted molar refractivity (Wildman–Crippen MR) is 89.3 cm³/mol. The number of aryl methyl sites for hydroxylation is 1. The highest BCUT2D eigenvalue weighted by Gasteiger charge is 2.29. The first kappa shape index (κ1) is 14.2. The van der Waals surface area contributed by atoms with Crippen LogP contribution in [0, 0.1) is 6.92 Å². The maximum Gasteiger partial charge on any atom is 0.0515 e. The summed E-state index contributed by atoms with van der Waals surface area (Å²) in [6.07, 6.45) is 5.45. The Labute approximate surface area is 130 Å². The first-order valence-corrected chi connectivity index (χ1v) is 8.49. The predicted octanol–water partition coefficient (Wildman–Crippen LogP) is 3.40. The monoisotopic (exact) mass is 337 g/mol. The van der Waals surface area contributed by atoms with Gasteiger partial charge in [0.05, 0.1) is 5.69 Å². The van der Waals surface area contributed by atoms with Crippen LogP contribution in [0.15, 0.2) is 16.6 Å². The minimum Gasteiger partial charge on any atom is -0.398 e. The second kappa shape index (κ2) is 5.94. The van der Waals surface area contributed by atoms with E-state index in [0.717, 1.165) is 29.3 Å². The highest BCUT2D eigenvalue weighted by molar-refractivity contribution is 9.10. The highest BCUT2D eigenvalue weighted by atomic mass is 79.9. The molecule has 0 saturated carbocycles. The van der Waals surface area contributed by atoms with Crippen molar-refractivity contribution in [3.05, 3.63) is 22.2 Å². The summed E-state index contributed by atoms with van der Waals surface area (Å²) in [4.78, 5) is 5.21. The van der Waals surface area contributed by atoms with Gasteiger partial charge in [0.25, 0.3) is 0 Å². The third kappa shape index (κ3) is 2.82. The quantitative estimate of drug-likeness (QED) is 0.839. The van der Waals surface area contributed by atoms with Crippen molar-refractivity contribution >= 4 is 27.3 Å². The molecule has 0 aromatic heterocycles. The molecule has 1 aromatic rings. The number of nitrogen functional groups attached to an aromatic ring is 1. The van der Waals surface area contributed by atoms with Crippen LogP contribution in [0.1, 0.15) is 31.2 Å². The van der Waals surface area contributed by atoms with Crippen molar-refractivity contribution in [3.8, 4) is 0 Å². The van der Waals surface area contributed by atoms with Crippen molar-refractivity contribution in [1.29, 1.82) is 0 Å². The third-order valence-electron chi connectivity index (χ3n) is 4.75. The molecule has 1 atom stereocenters. The lowest BCUT2D eigenvalue weighted by Crippen LogP contribution is -2.40. The fraction of sp³-hybridized carbons (Fsp3) is 0.625. The van der Waals surface area contributed by atoms with Gasteiger partial charge in [-0.05, 0) is 72.9 Å². The summed E-state index contributed by atoms with van der Waals surface area (Å²) in [6.45, 7) is 6.98. The SMILES string of the molecule is Cc1cc(N2CCC(N3CCCCC3)C2)c(Br)cc1N. The van der Waals surface area contributed by atoms with E-state index in [1.54, 1.807) is 0 Å². The van der Waals surface area contributed by atoms with E-state index in [2.05, 4.69) is 38.7 Å². The van der Waals surface area contributed by atoms with Crippen LogP contribution in [0.2, 0.25) is 0 Å². The summed E-state index contributed by atoms with van der Waals surface area (Å²) in [7, 11) is 0. The molecule has 0 bridgehead atoms. The summed E-state index contributed by atoms with van der Waals surface area (Å²) in [5, 5.41) is 0. The van der Waals surface area contributed by atoms with Gasteiger partial charge >= 0.3 is 0 Å². The summed E-state index contributed by atoms with van der Waals surface area (Å²) < 4.78 is 1.12. The molecular formula is C16H24BrN3. The molecule has 4 heteroatoms. The van der Waals surface area contributed by atoms with E-state index in [1.165, 1.54) is 50.0 Å². The molecule has 1 aromatic carbocycles. The molecule has 20 heavy (non-hydrogen) atoms. The maximum atomic E-state index is 5.98. The summed E-state index contributed by atoms with van der Waals surface area (Å²) in [5.41, 5.74) is 9.32. The third-order valence-corrected chi connectivity index (χ3v) is 5.38. The van der Waals surface area contributed by atoms with Crippen molar-refractivity contribution < 1.29 is 0 Å². The zero-order chi connectivity index (χ0) is 14.1. The number of hydrogen-bond donors (Lipinski definition) is 1. The lowest BCUT2D eigenvalue weighted by Gasteiger charge is -2.32. The largest absolute Gasteiger partial charge is 0.398 e. The molecule has 2 saturated heterocycles. The van der Waals surface area contributed by atoms with Crippen molar-refractivity contribution in [2.24, 2.45) is 0 Å². The Balaban J connectivity index is 1.72. The van der Waals surface area contributed by atoms with Crippen molar-refractivity contribution in [2.45, 2.75) is 38.6 Å². The van der Waals surface area contributed by atoms with Gasteiger partial charge in [0, 0.05) is 29.3 Å². The highest BCUT2D eigenvalue weighted by Crippen LogP contribution is 2.34. The number of nitrogens with two attached hydrogens (primary N) is 1. The molecule has 2 fully saturated rings. The zero-order valence-corrected chi connectivity index (χ0v) is 13.8. The number of benzene rings is 1. The lowest BCUT2D eigenvalue weighted by molar-refractivity contribution is 0.175. The van der Waals surface area contributed by atoms with Crippen LogP contribution in [0.3, 0.4) is 0 Å². The Morgan fingerprint density at radius 1 is 1.15 bits per heavy atom. The fourth-order valence-electron chi connectivity index (χ4n) is 3.47. The van der Waals surface area contributed by atoms with E-state index in [1.807, 2.05) is 6.07 Å². The molecule has 1 unspecified atom stereocenters. The van der Waals surface area contributed by atoms with Crippen molar-refractivity contribution in [1.82, 2.24) is 4.90 Å². The minimum atomic E-state index is 0.736. The molecule has 3 nitrogen and oxygen atoms in total. The molecule has 2 N–H and O–H groups in total. The van der Waals surface area contributed by atoms with Gasteiger partial charge in [-0.3, -0.25) is 4.90 Å². The molecule has 0 amide bonds. The number of piperidine rings is 1. The van der Waals surface area contributed by atoms with Gasteiger partial charge in [0.15, 0.2) is 0 Å². The first-order valence-electron chi connectivity index (χ1n) is 7.70. The number of nitrogens with zero attached hydrogens (tertiary/aromatic N) is 2. The molecule has 3 rings (SSSR count). The molecule has 2 aliphatic rings. The number of halogens is 1. The van der Waals surface area contributed by atoms with Crippen LogP contribution < -0.4 is 10.6 Å². The standard InChI is InChI=1S/C16H24BrN3/c1-12-9-16(14(17)10-15(12)18)20-8-5-13(11-20)19-6-3-2-4-7-19/h9-10,13H,2-8,11,18H2,1H3. The van der Waals surface area contributed by atoms with Gasteiger partial charge in [-0.2, -0.15) is 0 Å². The van der Waals surface area contributed by atoms with Crippen LogP contribution in [0.4, 0.5) is 11.4 Å². The molecule has 0 radical (unpaired) electrons. The molecule has 0 spiro atoms. The van der Waals surface area contributed by atoms with Gasteiger partial charge in [0.2, 0.25) is 0 Å². The molecule has 2 heterocycles. The van der Waals surface area contributed by atoms with Gasteiger partial charge in [-0.1, -0.05) is 6.42 Å². The van der Waals surface area contributed by atoms with E-state index in [0.29, 0.717) is 0 Å². The van der Waals surface area contributed by atoms with E-state index >= 15 is 0 Å². The zero-order valence-electron chi connectivity index (χ0n) is 12.2. The Morgan fingerprint density at radius 3 is 2.65 bits per heavy atom. The second-order valence-corrected chi connectivity index (χ2v) is 7.00. The lowest BCUT2D eigenvalue weighted by atomic mass is 10.1. The van der Waals surface area contributed by atoms with Crippen LogP contribution >= 0.6 is 15.9 Å². The topological polar surface area (TPSA) is 32.5 Å². The van der Waals surface area contributed by atoms with Crippen molar-refractivity contribution in [2.75, 3.05) is 36.8 Å². The maximum absolute atomic E-state index is 5.98. The average Bonchev–Trinajstić information content (AvgIpc) is 2.93. The number of anilines is 2. The number of rotatable bonds is 2. The van der Waals surface area contributed by atoms with Crippen LogP contribution in [0.5, 0.6) is 0 Å². The Morgan fingerprint density at radius 2 is 1.90 bits per heavy atom. The van der Waals surface area contributed by atoms with Crippen LogP contribution in [-0.4, -0.2) is 37.1 Å². The van der Waals surface area contributed by atoms with Crippen LogP contribution in [0.25, 0.3) is 0 Å². The van der Waals surface area contributed by atoms with Gasteiger partial charge in [-0.15, -0.1) is 0 Å². The smallest absolute Gasteiger partial charge is 0.0515 e. The minimum absolute atomic E-state index is 0.736. The van der Waals surface area contributed by atoms with E-state index in [9.17, 15) is 0 Å². The Kier molecular flexibility index (Phi) is 4.22. The number of hydrogen-bond acceptors (Lipinski definition) is 3. The van der Waals surface area contributed by atoms with Crippen LogP contribution in [-0.2, 0) is 0 Å². The van der Waals surface area contributed by atoms with E-state index < -0.39 is 0 Å². The van der Waals surface area contributed by atoms with Gasteiger partial charge in [0.1, 0.15) is 0 Å². The van der Waals surface area contributed by atoms with Crippen molar-refractivity contribution in [3.63, 3.8) is 0 Å². The summed E-state index contributed by atoms with van der Waals surface area (Å²) in [6, 6.07) is 5.00. The molecule has 110 valence electrons. The fourth-order valence-corrected chi connectivity index (χ4v) is 4.08. The van der Waals surface area contributed by atoms with Gasteiger partial charge in [-0.25, -0.2) is 0 Å². The Hall–Kier alpha value is -0.740. The first-order chi connectivity index (χ1) is 9.65. The number of likely N-dealkylation sites (tertiary alicyclic amines) is 1. The summed E-state index contributed by atoms with van der Waals surface area (Å²) >= 11 is 3.67. The molecule has 2 aliphatic heterocycles. The average molecular weight is 338 g/mol. The Bertz CT molecular complexity index is 483. The molecule has 0 aliphatic carbocycles. The van der Waals surface area contributed by atoms with Gasteiger partial charge < -0.3 is 10.6 Å². The summed E-state index contributed by atoms with van der Waals surface area (Å²) in [5.74, 6) is 0.